The van der Waals surface area contributed by atoms with Crippen LogP contribution in [0.25, 0.3) is 0 Å². The quantitative estimate of drug-likeness (QED) is 0.646. The third-order valence-corrected chi connectivity index (χ3v) is 2.64. The average molecular weight is 288 g/mol. The van der Waals surface area contributed by atoms with Crippen molar-refractivity contribution in [3.05, 3.63) is 34.4 Å². The van der Waals surface area contributed by atoms with Crippen molar-refractivity contribution in [2.45, 2.75) is 25.6 Å². The first-order valence-corrected chi connectivity index (χ1v) is 5.57. The van der Waals surface area contributed by atoms with Crippen molar-refractivity contribution in [1.82, 2.24) is 5.32 Å². The standard InChI is InChI=1S/C11H11ClF5N/c1-2-18-8(5-11(15,16)17)9-6(12)3-4-7(13)10(9)14/h3-4,8,18H,2,5H2,1H3. The molecule has 1 aromatic rings. The fraction of sp³-hybridized carbons (Fsp3) is 0.455. The van der Waals surface area contributed by atoms with E-state index in [9.17, 15) is 22.0 Å². The van der Waals surface area contributed by atoms with Gasteiger partial charge in [-0.15, -0.1) is 0 Å². The van der Waals surface area contributed by atoms with Crippen LogP contribution in [0.1, 0.15) is 24.9 Å². The smallest absolute Gasteiger partial charge is 0.310 e. The molecule has 0 aliphatic heterocycles. The van der Waals surface area contributed by atoms with Gasteiger partial charge in [-0.05, 0) is 18.7 Å². The maximum atomic E-state index is 13.5. The van der Waals surface area contributed by atoms with Crippen LogP contribution < -0.4 is 5.32 Å². The molecule has 1 rings (SSSR count). The Morgan fingerprint density at radius 3 is 2.39 bits per heavy atom. The molecule has 0 aliphatic rings. The van der Waals surface area contributed by atoms with Crippen molar-refractivity contribution in [2.75, 3.05) is 6.54 Å². The lowest BCUT2D eigenvalue weighted by molar-refractivity contribution is -0.140. The van der Waals surface area contributed by atoms with Crippen molar-refractivity contribution < 1.29 is 22.0 Å². The van der Waals surface area contributed by atoms with Gasteiger partial charge in [-0.1, -0.05) is 18.5 Å². The van der Waals surface area contributed by atoms with Gasteiger partial charge in [0.1, 0.15) is 0 Å². The van der Waals surface area contributed by atoms with Crippen LogP contribution in [0.2, 0.25) is 5.02 Å². The van der Waals surface area contributed by atoms with Gasteiger partial charge in [0.2, 0.25) is 0 Å². The first-order chi connectivity index (χ1) is 8.26. The summed E-state index contributed by atoms with van der Waals surface area (Å²) in [5.41, 5.74) is -0.490. The van der Waals surface area contributed by atoms with E-state index in [2.05, 4.69) is 5.32 Å². The SMILES string of the molecule is CCNC(CC(F)(F)F)c1c(Cl)ccc(F)c1F. The molecule has 0 radical (unpaired) electrons. The van der Waals surface area contributed by atoms with E-state index in [0.717, 1.165) is 12.1 Å². The summed E-state index contributed by atoms with van der Waals surface area (Å²) in [5, 5.41) is 2.22. The highest BCUT2D eigenvalue weighted by Crippen LogP contribution is 2.35. The van der Waals surface area contributed by atoms with Crippen LogP contribution in [0.15, 0.2) is 12.1 Å². The van der Waals surface area contributed by atoms with E-state index in [1.807, 2.05) is 0 Å². The number of rotatable bonds is 4. The molecule has 1 atom stereocenters. The summed E-state index contributed by atoms with van der Waals surface area (Å²) in [6.45, 7) is 1.74. The second kappa shape index (κ2) is 5.84. The summed E-state index contributed by atoms with van der Waals surface area (Å²) in [6, 6.07) is 0.409. The fourth-order valence-electron chi connectivity index (χ4n) is 1.62. The fourth-order valence-corrected chi connectivity index (χ4v) is 1.89. The van der Waals surface area contributed by atoms with Crippen LogP contribution in [-0.4, -0.2) is 12.7 Å². The molecule has 0 bridgehead atoms. The van der Waals surface area contributed by atoms with Gasteiger partial charge < -0.3 is 5.32 Å². The lowest BCUT2D eigenvalue weighted by Crippen LogP contribution is -2.27. The maximum absolute atomic E-state index is 13.5. The molecule has 1 aromatic carbocycles. The van der Waals surface area contributed by atoms with Crippen molar-refractivity contribution >= 4 is 11.6 Å². The molecule has 0 aliphatic carbocycles. The molecular weight excluding hydrogens is 277 g/mol. The van der Waals surface area contributed by atoms with E-state index in [4.69, 9.17) is 11.6 Å². The Kier molecular flexibility index (Phi) is 4.92. The topological polar surface area (TPSA) is 12.0 Å². The van der Waals surface area contributed by atoms with Crippen molar-refractivity contribution in [1.29, 1.82) is 0 Å². The van der Waals surface area contributed by atoms with Gasteiger partial charge in [-0.2, -0.15) is 13.2 Å². The van der Waals surface area contributed by atoms with Crippen LogP contribution in [0, 0.1) is 11.6 Å². The van der Waals surface area contributed by atoms with E-state index >= 15 is 0 Å². The molecule has 0 aromatic heterocycles. The van der Waals surface area contributed by atoms with E-state index in [0.29, 0.717) is 0 Å². The number of benzene rings is 1. The number of alkyl halides is 3. The summed E-state index contributed by atoms with van der Waals surface area (Å²) in [4.78, 5) is 0. The van der Waals surface area contributed by atoms with Gasteiger partial charge in [0.25, 0.3) is 0 Å². The van der Waals surface area contributed by atoms with Gasteiger partial charge in [0, 0.05) is 16.6 Å². The van der Waals surface area contributed by atoms with Gasteiger partial charge in [0.15, 0.2) is 11.6 Å². The first kappa shape index (κ1) is 15.2. The van der Waals surface area contributed by atoms with Gasteiger partial charge >= 0.3 is 6.18 Å². The maximum Gasteiger partial charge on any atom is 0.390 e. The summed E-state index contributed by atoms with van der Waals surface area (Å²) in [6.07, 6.45) is -5.82. The predicted molar refractivity (Wildman–Crippen MR) is 58.5 cm³/mol. The van der Waals surface area contributed by atoms with E-state index in [-0.39, 0.29) is 11.6 Å². The lowest BCUT2D eigenvalue weighted by atomic mass is 10.0. The Balaban J connectivity index is 3.17. The zero-order valence-electron chi connectivity index (χ0n) is 9.41. The molecule has 102 valence electrons. The molecule has 1 unspecified atom stereocenters. The van der Waals surface area contributed by atoms with Crippen LogP contribution >= 0.6 is 11.6 Å². The Hall–Kier alpha value is -0.880. The van der Waals surface area contributed by atoms with Crippen LogP contribution in [0.3, 0.4) is 0 Å². The summed E-state index contributed by atoms with van der Waals surface area (Å²) in [7, 11) is 0. The lowest BCUT2D eigenvalue weighted by Gasteiger charge is -2.21. The molecule has 0 saturated carbocycles. The van der Waals surface area contributed by atoms with E-state index in [1.54, 1.807) is 6.92 Å². The number of hydrogen-bond donors (Lipinski definition) is 1. The molecular formula is C11H11ClF5N. The van der Waals surface area contributed by atoms with Gasteiger partial charge in [-0.25, -0.2) is 8.78 Å². The summed E-state index contributed by atoms with van der Waals surface area (Å²) >= 11 is 5.65. The van der Waals surface area contributed by atoms with E-state index < -0.39 is 35.8 Å². The second-order valence-corrected chi connectivity index (χ2v) is 4.09. The Morgan fingerprint density at radius 1 is 1.28 bits per heavy atom. The summed E-state index contributed by atoms with van der Waals surface area (Å²) in [5.74, 6) is -2.57. The Labute approximate surface area is 106 Å². The summed E-state index contributed by atoms with van der Waals surface area (Å²) < 4.78 is 63.7. The molecule has 18 heavy (non-hydrogen) atoms. The highest BCUT2D eigenvalue weighted by molar-refractivity contribution is 6.31. The van der Waals surface area contributed by atoms with Crippen LogP contribution in [0.4, 0.5) is 22.0 Å². The third-order valence-electron chi connectivity index (χ3n) is 2.31. The Bertz CT molecular complexity index is 419. The minimum Gasteiger partial charge on any atom is -0.310 e. The molecule has 0 heterocycles. The first-order valence-electron chi connectivity index (χ1n) is 5.19. The number of nitrogens with one attached hydrogen (secondary N) is 1. The molecule has 0 saturated heterocycles. The van der Waals surface area contributed by atoms with Crippen molar-refractivity contribution in [3.8, 4) is 0 Å². The normalized spacial score (nSPS) is 13.7. The number of hydrogen-bond acceptors (Lipinski definition) is 1. The van der Waals surface area contributed by atoms with Crippen LogP contribution in [0.5, 0.6) is 0 Å². The van der Waals surface area contributed by atoms with Crippen molar-refractivity contribution in [3.63, 3.8) is 0 Å². The molecule has 1 N–H and O–H groups in total. The zero-order valence-corrected chi connectivity index (χ0v) is 10.2. The third kappa shape index (κ3) is 3.81. The molecule has 7 heteroatoms. The molecule has 0 amide bonds. The Morgan fingerprint density at radius 2 is 1.89 bits per heavy atom. The zero-order chi connectivity index (χ0) is 13.9. The molecule has 0 spiro atoms. The highest BCUT2D eigenvalue weighted by Gasteiger charge is 2.34. The largest absolute Gasteiger partial charge is 0.390 e. The minimum absolute atomic E-state index is 0.174. The second-order valence-electron chi connectivity index (χ2n) is 3.69. The predicted octanol–water partition coefficient (Wildman–Crippen LogP) is 4.22. The van der Waals surface area contributed by atoms with Gasteiger partial charge in [0.05, 0.1) is 6.42 Å². The molecule has 0 fully saturated rings. The van der Waals surface area contributed by atoms with E-state index in [1.165, 1.54) is 0 Å². The number of halogens is 6. The average Bonchev–Trinajstić information content (AvgIpc) is 2.22. The van der Waals surface area contributed by atoms with Crippen LogP contribution in [-0.2, 0) is 0 Å². The monoisotopic (exact) mass is 287 g/mol. The molecule has 1 nitrogen and oxygen atoms in total. The van der Waals surface area contributed by atoms with Gasteiger partial charge in [-0.3, -0.25) is 0 Å². The highest BCUT2D eigenvalue weighted by atomic mass is 35.5. The van der Waals surface area contributed by atoms with Crippen molar-refractivity contribution in [2.24, 2.45) is 0 Å². The minimum atomic E-state index is -4.51.